The van der Waals surface area contributed by atoms with Crippen LogP contribution in [0.4, 0.5) is 11.4 Å². The third-order valence-corrected chi connectivity index (χ3v) is 5.17. The zero-order valence-electron chi connectivity index (χ0n) is 15.1. The largest absolute Gasteiger partial charge is 0.497 e. The molecule has 3 aromatic rings. The van der Waals surface area contributed by atoms with Crippen LogP contribution in [0.3, 0.4) is 0 Å². The Morgan fingerprint density at radius 2 is 1.63 bits per heavy atom. The summed E-state index contributed by atoms with van der Waals surface area (Å²) >= 11 is 6.08. The molecule has 0 radical (unpaired) electrons. The molecule has 1 N–H and O–H groups in total. The molecule has 3 aromatic carbocycles. The Hall–Kier alpha value is -2.98. The molecule has 1 unspecified atom stereocenters. The maximum atomic E-state index is 13.5. The molecular weight excluding hydrogens is 360 g/mol. The van der Waals surface area contributed by atoms with Crippen molar-refractivity contribution >= 4 is 28.9 Å². The highest BCUT2D eigenvalue weighted by atomic mass is 35.5. The lowest BCUT2D eigenvalue weighted by Gasteiger charge is -2.46. The van der Waals surface area contributed by atoms with Gasteiger partial charge in [0.1, 0.15) is 11.4 Å². The van der Waals surface area contributed by atoms with E-state index in [-0.39, 0.29) is 5.91 Å². The zero-order valence-corrected chi connectivity index (χ0v) is 15.8. The van der Waals surface area contributed by atoms with Crippen LogP contribution >= 0.6 is 11.6 Å². The molecule has 4 nitrogen and oxygen atoms in total. The van der Waals surface area contributed by atoms with E-state index < -0.39 is 5.66 Å². The highest BCUT2D eigenvalue weighted by Gasteiger charge is 2.43. The van der Waals surface area contributed by atoms with E-state index in [2.05, 4.69) is 5.32 Å². The van der Waals surface area contributed by atoms with Gasteiger partial charge in [0.05, 0.1) is 12.7 Å². The minimum Gasteiger partial charge on any atom is -0.497 e. The van der Waals surface area contributed by atoms with Gasteiger partial charge < -0.3 is 10.1 Å². The number of halogens is 1. The van der Waals surface area contributed by atoms with Crippen LogP contribution in [0, 0.1) is 0 Å². The van der Waals surface area contributed by atoms with Crippen molar-refractivity contribution in [2.75, 3.05) is 17.3 Å². The van der Waals surface area contributed by atoms with Gasteiger partial charge in [-0.1, -0.05) is 35.9 Å². The SMILES string of the molecule is COc1ccc(N2C(=O)c3ccccc3NC2(C)c2ccc(Cl)cc2)cc1. The number of nitrogens with one attached hydrogen (secondary N) is 1. The van der Waals surface area contributed by atoms with Gasteiger partial charge in [0.15, 0.2) is 0 Å². The van der Waals surface area contributed by atoms with E-state index in [1.165, 1.54) is 0 Å². The molecule has 0 spiro atoms. The lowest BCUT2D eigenvalue weighted by molar-refractivity contribution is 0.0956. The number of ether oxygens (including phenoxy) is 1. The van der Waals surface area contributed by atoms with Crippen LogP contribution in [0.25, 0.3) is 0 Å². The summed E-state index contributed by atoms with van der Waals surface area (Å²) < 4.78 is 5.26. The van der Waals surface area contributed by atoms with Gasteiger partial charge in [0.2, 0.25) is 0 Å². The number of hydrogen-bond donors (Lipinski definition) is 1. The molecule has 0 aliphatic carbocycles. The fraction of sp³-hybridized carbons (Fsp3) is 0.136. The topological polar surface area (TPSA) is 41.6 Å². The first-order chi connectivity index (χ1) is 13.0. The number of hydrogen-bond acceptors (Lipinski definition) is 3. The number of carbonyl (C=O) groups excluding carboxylic acids is 1. The van der Waals surface area contributed by atoms with Gasteiger partial charge in [-0.25, -0.2) is 0 Å². The van der Waals surface area contributed by atoms with Gasteiger partial charge in [0, 0.05) is 16.4 Å². The van der Waals surface area contributed by atoms with Gasteiger partial charge in [-0.3, -0.25) is 9.69 Å². The number of carbonyl (C=O) groups is 1. The molecule has 1 aliphatic heterocycles. The smallest absolute Gasteiger partial charge is 0.262 e. The van der Waals surface area contributed by atoms with Gasteiger partial charge >= 0.3 is 0 Å². The molecule has 0 bridgehead atoms. The van der Waals surface area contributed by atoms with E-state index in [0.717, 1.165) is 22.7 Å². The van der Waals surface area contributed by atoms with Crippen LogP contribution in [0.1, 0.15) is 22.8 Å². The molecule has 1 heterocycles. The fourth-order valence-electron chi connectivity index (χ4n) is 3.50. The molecular formula is C22H19ClN2O2. The van der Waals surface area contributed by atoms with Crippen molar-refractivity contribution in [3.8, 4) is 5.75 Å². The van der Waals surface area contributed by atoms with Crippen molar-refractivity contribution in [3.63, 3.8) is 0 Å². The number of para-hydroxylation sites is 1. The first-order valence-electron chi connectivity index (χ1n) is 8.65. The highest BCUT2D eigenvalue weighted by Crippen LogP contribution is 2.41. The van der Waals surface area contributed by atoms with E-state index in [1.54, 1.807) is 12.0 Å². The minimum atomic E-state index is -0.773. The van der Waals surface area contributed by atoms with Crippen molar-refractivity contribution in [2.24, 2.45) is 0 Å². The lowest BCUT2D eigenvalue weighted by Crippen LogP contribution is -2.56. The summed E-state index contributed by atoms with van der Waals surface area (Å²) in [6.07, 6.45) is 0. The summed E-state index contributed by atoms with van der Waals surface area (Å²) in [6, 6.07) is 22.6. The normalized spacial score (nSPS) is 18.6. The van der Waals surface area contributed by atoms with Gasteiger partial charge in [0.25, 0.3) is 5.91 Å². The molecule has 1 amide bonds. The van der Waals surface area contributed by atoms with E-state index in [9.17, 15) is 4.79 Å². The Kier molecular flexibility index (Phi) is 4.28. The number of nitrogens with zero attached hydrogens (tertiary/aromatic N) is 1. The molecule has 136 valence electrons. The summed E-state index contributed by atoms with van der Waals surface area (Å²) in [5, 5.41) is 4.20. The molecule has 4 rings (SSSR count). The summed E-state index contributed by atoms with van der Waals surface area (Å²) in [5.74, 6) is 0.678. The third-order valence-electron chi connectivity index (χ3n) is 4.92. The maximum Gasteiger partial charge on any atom is 0.262 e. The molecule has 27 heavy (non-hydrogen) atoms. The highest BCUT2D eigenvalue weighted by molar-refractivity contribution is 6.30. The predicted molar refractivity (Wildman–Crippen MR) is 109 cm³/mol. The summed E-state index contributed by atoms with van der Waals surface area (Å²) in [5.41, 5.74) is 2.39. The number of amides is 1. The summed E-state index contributed by atoms with van der Waals surface area (Å²) in [7, 11) is 1.62. The van der Waals surface area contributed by atoms with E-state index in [1.807, 2.05) is 79.7 Å². The van der Waals surface area contributed by atoms with Crippen LogP contribution in [-0.4, -0.2) is 13.0 Å². The van der Waals surface area contributed by atoms with E-state index in [4.69, 9.17) is 16.3 Å². The Morgan fingerprint density at radius 3 is 2.30 bits per heavy atom. The van der Waals surface area contributed by atoms with E-state index >= 15 is 0 Å². The quantitative estimate of drug-likeness (QED) is 0.673. The molecule has 0 saturated heterocycles. The van der Waals surface area contributed by atoms with Crippen LogP contribution in [0.5, 0.6) is 5.75 Å². The van der Waals surface area contributed by atoms with E-state index in [0.29, 0.717) is 10.6 Å². The lowest BCUT2D eigenvalue weighted by atomic mass is 9.93. The van der Waals surface area contributed by atoms with Crippen LogP contribution in [0.2, 0.25) is 5.02 Å². The summed E-state index contributed by atoms with van der Waals surface area (Å²) in [4.78, 5) is 15.2. The summed E-state index contributed by atoms with van der Waals surface area (Å²) in [6.45, 7) is 1.99. The number of fused-ring (bicyclic) bond motifs is 1. The average molecular weight is 379 g/mol. The second kappa shape index (κ2) is 6.63. The standard InChI is InChI=1S/C22H19ClN2O2/c1-22(15-7-9-16(23)10-8-15)24-20-6-4-3-5-19(20)21(26)25(22)17-11-13-18(27-2)14-12-17/h3-14,24H,1-2H3. The second-order valence-corrected chi connectivity index (χ2v) is 7.02. The number of rotatable bonds is 3. The number of benzene rings is 3. The third kappa shape index (κ3) is 2.92. The molecule has 1 atom stereocenters. The molecule has 5 heteroatoms. The van der Waals surface area contributed by atoms with Crippen molar-refractivity contribution < 1.29 is 9.53 Å². The Balaban J connectivity index is 1.90. The fourth-order valence-corrected chi connectivity index (χ4v) is 3.63. The van der Waals surface area contributed by atoms with Gasteiger partial charge in [-0.2, -0.15) is 0 Å². The Labute approximate surface area is 163 Å². The Bertz CT molecular complexity index is 986. The molecule has 0 aromatic heterocycles. The predicted octanol–water partition coefficient (Wildman–Crippen LogP) is 5.29. The van der Waals surface area contributed by atoms with Crippen molar-refractivity contribution in [3.05, 3.63) is 88.9 Å². The van der Waals surface area contributed by atoms with Crippen LogP contribution < -0.4 is 15.0 Å². The number of methoxy groups -OCH3 is 1. The van der Waals surface area contributed by atoms with Crippen molar-refractivity contribution in [1.29, 1.82) is 0 Å². The molecule has 1 aliphatic rings. The molecule has 0 fully saturated rings. The van der Waals surface area contributed by atoms with Crippen molar-refractivity contribution in [2.45, 2.75) is 12.6 Å². The minimum absolute atomic E-state index is 0.0630. The number of anilines is 2. The second-order valence-electron chi connectivity index (χ2n) is 6.59. The zero-order chi connectivity index (χ0) is 19.0. The van der Waals surface area contributed by atoms with Gasteiger partial charge in [-0.05, 0) is 61.0 Å². The van der Waals surface area contributed by atoms with Crippen LogP contribution in [-0.2, 0) is 5.66 Å². The maximum absolute atomic E-state index is 13.5. The first-order valence-corrected chi connectivity index (χ1v) is 9.02. The first kappa shape index (κ1) is 17.4. The molecule has 0 saturated carbocycles. The van der Waals surface area contributed by atoms with Crippen LogP contribution in [0.15, 0.2) is 72.8 Å². The Morgan fingerprint density at radius 1 is 0.963 bits per heavy atom. The van der Waals surface area contributed by atoms with Crippen molar-refractivity contribution in [1.82, 2.24) is 0 Å². The monoisotopic (exact) mass is 378 g/mol. The van der Waals surface area contributed by atoms with Gasteiger partial charge in [-0.15, -0.1) is 0 Å². The average Bonchev–Trinajstić information content (AvgIpc) is 2.69.